The molecule has 1 aromatic rings. The Bertz CT molecular complexity index is 627. The van der Waals surface area contributed by atoms with Crippen molar-refractivity contribution >= 4 is 31.9 Å². The molecule has 2 heterocycles. The molecule has 1 aliphatic heterocycles. The zero-order valence-corrected chi connectivity index (χ0v) is 14.4. The van der Waals surface area contributed by atoms with Gasteiger partial charge in [0.2, 0.25) is 10.0 Å². The predicted molar refractivity (Wildman–Crippen MR) is 84.5 cm³/mol. The summed E-state index contributed by atoms with van der Waals surface area (Å²) in [6.07, 6.45) is 3.96. The lowest BCUT2D eigenvalue weighted by Crippen LogP contribution is -2.47. The number of aromatic nitrogens is 1. The normalized spacial score (nSPS) is 19.8. The van der Waals surface area contributed by atoms with Crippen LogP contribution >= 0.6 is 15.9 Å². The van der Waals surface area contributed by atoms with E-state index in [1.54, 1.807) is 11.0 Å². The number of hydrogen-bond acceptors (Lipinski definition) is 3. The Labute approximate surface area is 133 Å². The van der Waals surface area contributed by atoms with Crippen molar-refractivity contribution in [3.8, 4) is 0 Å². The standard InChI is InChI=1S/C13H20BrN3O3S/c1-2-5-16-8-10(14)7-12(16)13(18)17-6-3-4-11(9-17)21(15,19)20/h7-8,11H,2-6,9H2,1H3,(H2,15,19,20). The van der Waals surface area contributed by atoms with Crippen molar-refractivity contribution in [3.05, 3.63) is 22.4 Å². The van der Waals surface area contributed by atoms with Gasteiger partial charge in [0.05, 0.1) is 5.25 Å². The third-order valence-electron chi connectivity index (χ3n) is 3.68. The Morgan fingerprint density at radius 1 is 1.52 bits per heavy atom. The van der Waals surface area contributed by atoms with Gasteiger partial charge in [-0.05, 0) is 41.3 Å². The first-order chi connectivity index (χ1) is 9.82. The van der Waals surface area contributed by atoms with Gasteiger partial charge in [-0.1, -0.05) is 6.92 Å². The number of sulfonamides is 1. The molecule has 1 fully saturated rings. The van der Waals surface area contributed by atoms with E-state index in [9.17, 15) is 13.2 Å². The fraction of sp³-hybridized carbons (Fsp3) is 0.615. The van der Waals surface area contributed by atoms with Crippen LogP contribution in [0.5, 0.6) is 0 Å². The Balaban J connectivity index is 2.20. The number of nitrogens with two attached hydrogens (primary N) is 1. The minimum absolute atomic E-state index is 0.137. The number of hydrogen-bond donors (Lipinski definition) is 1. The van der Waals surface area contributed by atoms with Crippen molar-refractivity contribution in [2.24, 2.45) is 5.14 Å². The highest BCUT2D eigenvalue weighted by molar-refractivity contribution is 9.10. The van der Waals surface area contributed by atoms with Crippen LogP contribution < -0.4 is 5.14 Å². The number of piperidine rings is 1. The molecule has 0 aromatic carbocycles. The predicted octanol–water partition coefficient (Wildman–Crippen LogP) is 1.55. The lowest BCUT2D eigenvalue weighted by atomic mass is 10.1. The fourth-order valence-electron chi connectivity index (χ4n) is 2.63. The van der Waals surface area contributed by atoms with Crippen LogP contribution in [0.1, 0.15) is 36.7 Å². The van der Waals surface area contributed by atoms with Crippen molar-refractivity contribution < 1.29 is 13.2 Å². The molecule has 0 saturated carbocycles. The molecule has 1 amide bonds. The molecule has 1 aliphatic rings. The maximum atomic E-state index is 12.6. The number of likely N-dealkylation sites (tertiary alicyclic amines) is 1. The van der Waals surface area contributed by atoms with Gasteiger partial charge in [0.15, 0.2) is 0 Å². The molecule has 6 nitrogen and oxygen atoms in total. The van der Waals surface area contributed by atoms with E-state index in [0.29, 0.717) is 25.1 Å². The Morgan fingerprint density at radius 2 is 2.24 bits per heavy atom. The maximum Gasteiger partial charge on any atom is 0.270 e. The van der Waals surface area contributed by atoms with Crippen molar-refractivity contribution in [2.75, 3.05) is 13.1 Å². The summed E-state index contributed by atoms with van der Waals surface area (Å²) in [5, 5.41) is 4.56. The molecule has 1 saturated heterocycles. The van der Waals surface area contributed by atoms with Crippen LogP contribution in [0.3, 0.4) is 0 Å². The largest absolute Gasteiger partial charge is 0.342 e. The van der Waals surface area contributed by atoms with E-state index in [2.05, 4.69) is 15.9 Å². The molecule has 2 rings (SSSR count). The molecular formula is C13H20BrN3O3S. The first kappa shape index (κ1) is 16.5. The third kappa shape index (κ3) is 3.87. The average Bonchev–Trinajstić information content (AvgIpc) is 2.78. The molecule has 0 radical (unpaired) electrons. The molecular weight excluding hydrogens is 358 g/mol. The van der Waals surface area contributed by atoms with Gasteiger partial charge in [-0.2, -0.15) is 0 Å². The summed E-state index contributed by atoms with van der Waals surface area (Å²) in [7, 11) is -3.60. The summed E-state index contributed by atoms with van der Waals surface area (Å²) in [6.45, 7) is 3.53. The van der Waals surface area contributed by atoms with Crippen molar-refractivity contribution in [1.82, 2.24) is 9.47 Å². The number of nitrogens with zero attached hydrogens (tertiary/aromatic N) is 2. The molecule has 2 N–H and O–H groups in total. The summed E-state index contributed by atoms with van der Waals surface area (Å²) in [5.41, 5.74) is 0.582. The van der Waals surface area contributed by atoms with Crippen LogP contribution in [-0.2, 0) is 16.6 Å². The van der Waals surface area contributed by atoms with Crippen molar-refractivity contribution in [3.63, 3.8) is 0 Å². The summed E-state index contributed by atoms with van der Waals surface area (Å²) in [4.78, 5) is 14.2. The van der Waals surface area contributed by atoms with Gasteiger partial charge in [-0.25, -0.2) is 13.6 Å². The minimum atomic E-state index is -3.60. The van der Waals surface area contributed by atoms with Crippen LogP contribution in [0.4, 0.5) is 0 Å². The van der Waals surface area contributed by atoms with E-state index in [1.165, 1.54) is 0 Å². The molecule has 1 atom stereocenters. The van der Waals surface area contributed by atoms with E-state index in [4.69, 9.17) is 5.14 Å². The lowest BCUT2D eigenvalue weighted by molar-refractivity contribution is 0.0716. The molecule has 0 aliphatic carbocycles. The first-order valence-corrected chi connectivity index (χ1v) is 9.39. The highest BCUT2D eigenvalue weighted by Gasteiger charge is 2.31. The number of amides is 1. The number of halogens is 1. The second-order valence-electron chi connectivity index (χ2n) is 5.34. The quantitative estimate of drug-likeness (QED) is 0.863. The maximum absolute atomic E-state index is 12.6. The van der Waals surface area contributed by atoms with E-state index in [1.807, 2.05) is 17.7 Å². The monoisotopic (exact) mass is 377 g/mol. The SMILES string of the molecule is CCCn1cc(Br)cc1C(=O)N1CCCC(S(N)(=O)=O)C1. The second kappa shape index (κ2) is 6.50. The van der Waals surface area contributed by atoms with Crippen LogP contribution in [0, 0.1) is 0 Å². The van der Waals surface area contributed by atoms with Gasteiger partial charge in [-0.3, -0.25) is 4.79 Å². The number of carbonyl (C=O) groups is 1. The summed E-state index contributed by atoms with van der Waals surface area (Å²) in [5.74, 6) is -0.137. The van der Waals surface area contributed by atoms with Gasteiger partial charge in [-0.15, -0.1) is 0 Å². The van der Waals surface area contributed by atoms with E-state index in [-0.39, 0.29) is 12.5 Å². The number of aryl methyl sites for hydroxylation is 1. The molecule has 0 bridgehead atoms. The lowest BCUT2D eigenvalue weighted by Gasteiger charge is -2.31. The highest BCUT2D eigenvalue weighted by atomic mass is 79.9. The van der Waals surface area contributed by atoms with Gasteiger partial charge in [0.25, 0.3) is 5.91 Å². The summed E-state index contributed by atoms with van der Waals surface area (Å²) >= 11 is 3.38. The average molecular weight is 378 g/mol. The minimum Gasteiger partial charge on any atom is -0.342 e. The molecule has 8 heteroatoms. The zero-order chi connectivity index (χ0) is 15.6. The third-order valence-corrected chi connectivity index (χ3v) is 5.42. The number of carbonyl (C=O) groups excluding carboxylic acids is 1. The van der Waals surface area contributed by atoms with Crippen LogP contribution in [-0.4, -0.2) is 42.1 Å². The Hall–Kier alpha value is -0.860. The van der Waals surface area contributed by atoms with Gasteiger partial charge in [0, 0.05) is 30.3 Å². The number of primary sulfonamides is 1. The highest BCUT2D eigenvalue weighted by Crippen LogP contribution is 2.21. The molecule has 118 valence electrons. The second-order valence-corrected chi connectivity index (χ2v) is 8.10. The molecule has 1 aromatic heterocycles. The van der Waals surface area contributed by atoms with E-state index >= 15 is 0 Å². The summed E-state index contributed by atoms with van der Waals surface area (Å²) < 4.78 is 25.7. The van der Waals surface area contributed by atoms with Gasteiger partial charge >= 0.3 is 0 Å². The topological polar surface area (TPSA) is 85.4 Å². The Kier molecular flexibility index (Phi) is 5.11. The first-order valence-electron chi connectivity index (χ1n) is 6.99. The fourth-order valence-corrected chi connectivity index (χ4v) is 3.98. The molecule has 0 spiro atoms. The molecule has 1 unspecified atom stereocenters. The Morgan fingerprint density at radius 3 is 2.86 bits per heavy atom. The van der Waals surface area contributed by atoms with Crippen LogP contribution in [0.2, 0.25) is 0 Å². The number of rotatable bonds is 4. The van der Waals surface area contributed by atoms with E-state index in [0.717, 1.165) is 17.4 Å². The van der Waals surface area contributed by atoms with Crippen LogP contribution in [0.25, 0.3) is 0 Å². The van der Waals surface area contributed by atoms with Crippen LogP contribution in [0.15, 0.2) is 16.7 Å². The smallest absolute Gasteiger partial charge is 0.270 e. The zero-order valence-electron chi connectivity index (χ0n) is 12.0. The molecule has 21 heavy (non-hydrogen) atoms. The van der Waals surface area contributed by atoms with Crippen molar-refractivity contribution in [2.45, 2.75) is 38.0 Å². The van der Waals surface area contributed by atoms with E-state index < -0.39 is 15.3 Å². The van der Waals surface area contributed by atoms with Gasteiger partial charge < -0.3 is 9.47 Å². The van der Waals surface area contributed by atoms with Crippen molar-refractivity contribution in [1.29, 1.82) is 0 Å². The van der Waals surface area contributed by atoms with Gasteiger partial charge in [0.1, 0.15) is 5.69 Å². The summed E-state index contributed by atoms with van der Waals surface area (Å²) in [6, 6.07) is 1.78.